The van der Waals surface area contributed by atoms with Gasteiger partial charge in [0, 0.05) is 24.1 Å². The summed E-state index contributed by atoms with van der Waals surface area (Å²) < 4.78 is 5.61. The van der Waals surface area contributed by atoms with Gasteiger partial charge >= 0.3 is 6.03 Å². The van der Waals surface area contributed by atoms with Crippen LogP contribution in [0.4, 0.5) is 4.79 Å². The van der Waals surface area contributed by atoms with E-state index >= 15 is 0 Å². The summed E-state index contributed by atoms with van der Waals surface area (Å²) >= 11 is 0. The summed E-state index contributed by atoms with van der Waals surface area (Å²) in [7, 11) is 0. The van der Waals surface area contributed by atoms with Crippen molar-refractivity contribution in [3.63, 3.8) is 0 Å². The highest BCUT2D eigenvalue weighted by molar-refractivity contribution is 6.09. The number of para-hydroxylation sites is 1. The molecule has 0 aliphatic carbocycles. The highest BCUT2D eigenvalue weighted by Gasteiger charge is 2.55. The zero-order valence-corrected chi connectivity index (χ0v) is 15.6. The van der Waals surface area contributed by atoms with Crippen LogP contribution in [-0.4, -0.2) is 52.9 Å². The Hall–Kier alpha value is -2.57. The molecule has 0 saturated carbocycles. The fourth-order valence-corrected chi connectivity index (χ4v) is 3.90. The second kappa shape index (κ2) is 6.63. The smallest absolute Gasteiger partial charge is 0.325 e. The van der Waals surface area contributed by atoms with E-state index in [0.29, 0.717) is 24.3 Å². The first-order valence-corrected chi connectivity index (χ1v) is 8.95. The minimum atomic E-state index is -1.15. The molecule has 1 aromatic carbocycles. The van der Waals surface area contributed by atoms with Crippen molar-refractivity contribution in [2.45, 2.75) is 51.7 Å². The van der Waals surface area contributed by atoms with Crippen molar-refractivity contribution in [1.82, 2.24) is 15.1 Å². The molecule has 1 saturated heterocycles. The van der Waals surface area contributed by atoms with Crippen molar-refractivity contribution in [2.75, 3.05) is 13.2 Å². The number of imide groups is 1. The van der Waals surface area contributed by atoms with E-state index in [9.17, 15) is 14.4 Å². The molecule has 1 atom stereocenters. The number of benzene rings is 1. The van der Waals surface area contributed by atoms with Crippen LogP contribution in [0.2, 0.25) is 0 Å². The summed E-state index contributed by atoms with van der Waals surface area (Å²) in [5, 5.41) is 2.81. The Morgan fingerprint density at radius 1 is 1.23 bits per heavy atom. The minimum Gasteiger partial charge on any atom is -0.493 e. The lowest BCUT2D eigenvalue weighted by molar-refractivity contribution is -0.141. The van der Waals surface area contributed by atoms with E-state index in [-0.39, 0.29) is 30.4 Å². The van der Waals surface area contributed by atoms with Gasteiger partial charge in [-0.25, -0.2) is 4.79 Å². The van der Waals surface area contributed by atoms with E-state index in [4.69, 9.17) is 4.74 Å². The number of nitrogens with one attached hydrogen (secondary N) is 1. The fourth-order valence-electron chi connectivity index (χ4n) is 3.90. The number of urea groups is 1. The first-order chi connectivity index (χ1) is 12.3. The van der Waals surface area contributed by atoms with Crippen LogP contribution in [0.1, 0.15) is 39.7 Å². The van der Waals surface area contributed by atoms with Gasteiger partial charge in [-0.05, 0) is 33.8 Å². The largest absolute Gasteiger partial charge is 0.493 e. The van der Waals surface area contributed by atoms with Crippen LogP contribution < -0.4 is 10.1 Å². The van der Waals surface area contributed by atoms with Crippen molar-refractivity contribution >= 4 is 17.8 Å². The SMILES string of the molecule is CC(C)N(C(=O)CN1C(=O)N[C@@]2(CCOc3ccccc32)C1=O)C(C)C. The molecule has 140 valence electrons. The Balaban J connectivity index is 1.88. The summed E-state index contributed by atoms with van der Waals surface area (Å²) in [6, 6.07) is 6.63. The fraction of sp³-hybridized carbons (Fsp3) is 0.526. The molecule has 3 rings (SSSR count). The van der Waals surface area contributed by atoms with Crippen LogP contribution in [0.3, 0.4) is 0 Å². The maximum Gasteiger partial charge on any atom is 0.325 e. The summed E-state index contributed by atoms with van der Waals surface area (Å²) in [6.07, 6.45) is 0.345. The topological polar surface area (TPSA) is 79.0 Å². The van der Waals surface area contributed by atoms with Gasteiger partial charge in [0.25, 0.3) is 5.91 Å². The van der Waals surface area contributed by atoms with Crippen molar-refractivity contribution < 1.29 is 19.1 Å². The predicted octanol–water partition coefficient (Wildman–Crippen LogP) is 1.86. The van der Waals surface area contributed by atoms with Gasteiger partial charge in [0.1, 0.15) is 12.3 Å². The zero-order chi connectivity index (χ0) is 19.1. The molecule has 1 fully saturated rings. The van der Waals surface area contributed by atoms with E-state index in [1.54, 1.807) is 17.0 Å². The third-order valence-electron chi connectivity index (χ3n) is 4.95. The average molecular weight is 359 g/mol. The molecule has 4 amide bonds. The molecule has 1 aromatic rings. The average Bonchev–Trinajstić information content (AvgIpc) is 2.79. The molecule has 2 aliphatic heterocycles. The van der Waals surface area contributed by atoms with Crippen LogP contribution in [0.25, 0.3) is 0 Å². The van der Waals surface area contributed by atoms with Crippen molar-refractivity contribution in [1.29, 1.82) is 0 Å². The van der Waals surface area contributed by atoms with Gasteiger partial charge in [0.2, 0.25) is 5.91 Å². The predicted molar refractivity (Wildman–Crippen MR) is 95.6 cm³/mol. The van der Waals surface area contributed by atoms with Crippen LogP contribution in [0.15, 0.2) is 24.3 Å². The molecule has 2 aliphatic rings. The Morgan fingerprint density at radius 2 is 1.88 bits per heavy atom. The summed E-state index contributed by atoms with van der Waals surface area (Å²) in [4.78, 5) is 41.1. The molecule has 7 nitrogen and oxygen atoms in total. The molecule has 0 radical (unpaired) electrons. The lowest BCUT2D eigenvalue weighted by Crippen LogP contribution is -2.50. The molecular weight excluding hydrogens is 334 g/mol. The van der Waals surface area contributed by atoms with Crippen molar-refractivity contribution in [3.05, 3.63) is 29.8 Å². The summed E-state index contributed by atoms with van der Waals surface area (Å²) in [5.41, 5.74) is -0.503. The van der Waals surface area contributed by atoms with Gasteiger partial charge < -0.3 is 15.0 Å². The van der Waals surface area contributed by atoms with Gasteiger partial charge in [-0.2, -0.15) is 0 Å². The van der Waals surface area contributed by atoms with Gasteiger partial charge in [-0.1, -0.05) is 18.2 Å². The Bertz CT molecular complexity index is 738. The lowest BCUT2D eigenvalue weighted by Gasteiger charge is -2.34. The van der Waals surface area contributed by atoms with Crippen LogP contribution in [0, 0.1) is 0 Å². The number of carbonyl (C=O) groups excluding carboxylic acids is 3. The second-order valence-corrected chi connectivity index (χ2v) is 7.31. The minimum absolute atomic E-state index is 0.0129. The summed E-state index contributed by atoms with van der Waals surface area (Å²) in [6.45, 7) is 7.74. The standard InChI is InChI=1S/C19H25N3O4/c1-12(2)22(13(3)4)16(23)11-21-17(24)19(20-18(21)25)9-10-26-15-8-6-5-7-14(15)19/h5-8,12-13H,9-11H2,1-4H3,(H,20,25)/t19-/m1/s1. The quantitative estimate of drug-likeness (QED) is 0.833. The Morgan fingerprint density at radius 3 is 2.54 bits per heavy atom. The second-order valence-electron chi connectivity index (χ2n) is 7.31. The molecule has 1 N–H and O–H groups in total. The molecule has 2 heterocycles. The maximum atomic E-state index is 13.2. The number of nitrogens with zero attached hydrogens (tertiary/aromatic N) is 2. The third kappa shape index (κ3) is 2.81. The van der Waals surface area contributed by atoms with E-state index in [1.165, 1.54) is 0 Å². The zero-order valence-electron chi connectivity index (χ0n) is 15.6. The number of hydrogen-bond donors (Lipinski definition) is 1. The molecule has 0 aromatic heterocycles. The van der Waals surface area contributed by atoms with E-state index in [1.807, 2.05) is 39.8 Å². The number of hydrogen-bond acceptors (Lipinski definition) is 4. The van der Waals surface area contributed by atoms with Crippen molar-refractivity contribution in [3.8, 4) is 5.75 Å². The third-order valence-corrected chi connectivity index (χ3v) is 4.95. The molecule has 0 bridgehead atoms. The van der Waals surface area contributed by atoms with E-state index in [2.05, 4.69) is 5.32 Å². The van der Waals surface area contributed by atoms with Gasteiger partial charge in [-0.15, -0.1) is 0 Å². The van der Waals surface area contributed by atoms with Gasteiger partial charge in [0.15, 0.2) is 5.54 Å². The maximum absolute atomic E-state index is 13.2. The summed E-state index contributed by atoms with van der Waals surface area (Å²) in [5.74, 6) is -0.0403. The first kappa shape index (κ1) is 18.2. The van der Waals surface area contributed by atoms with Gasteiger partial charge in [0.05, 0.1) is 6.61 Å². The van der Waals surface area contributed by atoms with Crippen molar-refractivity contribution in [2.24, 2.45) is 0 Å². The number of amides is 4. The molecule has 26 heavy (non-hydrogen) atoms. The number of rotatable bonds is 4. The molecule has 1 spiro atoms. The monoisotopic (exact) mass is 359 g/mol. The highest BCUT2D eigenvalue weighted by atomic mass is 16.5. The highest BCUT2D eigenvalue weighted by Crippen LogP contribution is 2.40. The molecule has 0 unspecified atom stereocenters. The Labute approximate surface area is 153 Å². The van der Waals surface area contributed by atoms with Crippen LogP contribution in [0.5, 0.6) is 5.75 Å². The lowest BCUT2D eigenvalue weighted by atomic mass is 9.84. The first-order valence-electron chi connectivity index (χ1n) is 8.95. The molecular formula is C19H25N3O4. The van der Waals surface area contributed by atoms with E-state index < -0.39 is 11.6 Å². The number of ether oxygens (including phenoxy) is 1. The normalized spacial score (nSPS) is 21.8. The van der Waals surface area contributed by atoms with Gasteiger partial charge in [-0.3, -0.25) is 14.5 Å². The molecule has 7 heteroatoms. The number of carbonyl (C=O) groups is 3. The van der Waals surface area contributed by atoms with Crippen LogP contribution in [-0.2, 0) is 15.1 Å². The van der Waals surface area contributed by atoms with E-state index in [0.717, 1.165) is 4.90 Å². The number of fused-ring (bicyclic) bond motifs is 2. The van der Waals surface area contributed by atoms with Crippen LogP contribution >= 0.6 is 0 Å². The Kier molecular flexibility index (Phi) is 4.64.